The molecule has 614 valence electrons. The average Bonchev–Trinajstić information content (AvgIpc) is 0.917. The van der Waals surface area contributed by atoms with Gasteiger partial charge in [-0.15, -0.1) is 0 Å². The summed E-state index contributed by atoms with van der Waals surface area (Å²) in [6.07, 6.45) is 94.7. The van der Waals surface area contributed by atoms with Crippen LogP contribution in [0.1, 0.15) is 310 Å². The summed E-state index contributed by atoms with van der Waals surface area (Å²) in [6, 6.07) is 0. The van der Waals surface area contributed by atoms with Gasteiger partial charge in [0.15, 0.2) is 12.2 Å². The van der Waals surface area contributed by atoms with Crippen LogP contribution in [0, 0.1) is 0 Å². The van der Waals surface area contributed by atoms with Crippen molar-refractivity contribution in [2.45, 2.75) is 329 Å². The zero-order chi connectivity index (χ0) is 78.9. The monoisotopic (exact) mass is 1550 g/mol. The van der Waals surface area contributed by atoms with E-state index in [-0.39, 0.29) is 25.7 Å². The Morgan fingerprint density at radius 2 is 0.491 bits per heavy atom. The first-order chi connectivity index (χ1) is 52.7. The van der Waals surface area contributed by atoms with Crippen LogP contribution in [-0.2, 0) is 65.4 Å². The van der Waals surface area contributed by atoms with Gasteiger partial charge in [0, 0.05) is 25.7 Å². The summed E-state index contributed by atoms with van der Waals surface area (Å²) in [4.78, 5) is 73.1. The summed E-state index contributed by atoms with van der Waals surface area (Å²) in [5, 5.41) is 10.7. The van der Waals surface area contributed by atoms with Gasteiger partial charge in [0.2, 0.25) is 0 Å². The highest BCUT2D eigenvalue weighted by atomic mass is 31.2. The second-order valence-electron chi connectivity index (χ2n) is 26.9. The van der Waals surface area contributed by atoms with Crippen LogP contribution in [0.5, 0.6) is 0 Å². The van der Waals surface area contributed by atoms with Crippen molar-refractivity contribution in [1.29, 1.82) is 0 Å². The van der Waals surface area contributed by atoms with Gasteiger partial charge in [-0.1, -0.05) is 281 Å². The number of hydrogen-bond donors (Lipinski definition) is 3. The largest absolute Gasteiger partial charge is 0.472 e. The lowest BCUT2D eigenvalue weighted by atomic mass is 10.1. The molecule has 5 atom stereocenters. The van der Waals surface area contributed by atoms with Crippen molar-refractivity contribution in [3.63, 3.8) is 0 Å². The number of rotatable bonds is 76. The Hall–Kier alpha value is -5.58. The first-order valence-electron chi connectivity index (χ1n) is 41.4. The molecule has 0 saturated carbocycles. The molecule has 0 aromatic carbocycles. The number of carbonyl (C=O) groups excluding carboxylic acids is 4. The van der Waals surface area contributed by atoms with Crippen LogP contribution in [0.3, 0.4) is 0 Å². The molecule has 0 aliphatic carbocycles. The highest BCUT2D eigenvalue weighted by molar-refractivity contribution is 7.47. The number of ether oxygens (including phenoxy) is 4. The number of hydrogen-bond acceptors (Lipinski definition) is 15. The Labute approximate surface area is 654 Å². The maximum atomic E-state index is 13.1. The molecule has 17 nitrogen and oxygen atoms in total. The average molecular weight is 1550 g/mol. The maximum Gasteiger partial charge on any atom is 0.472 e. The van der Waals surface area contributed by atoms with Crippen molar-refractivity contribution in [3.05, 3.63) is 170 Å². The van der Waals surface area contributed by atoms with Crippen molar-refractivity contribution >= 4 is 39.5 Å². The molecular formula is C89H146O17P2. The van der Waals surface area contributed by atoms with Gasteiger partial charge in [-0.2, -0.15) is 0 Å². The molecule has 0 spiro atoms. The topological polar surface area (TPSA) is 237 Å². The van der Waals surface area contributed by atoms with Gasteiger partial charge >= 0.3 is 39.5 Å². The summed E-state index contributed by atoms with van der Waals surface area (Å²) in [6.45, 7) is 4.48. The van der Waals surface area contributed by atoms with Gasteiger partial charge in [0.05, 0.1) is 26.4 Å². The molecule has 0 aromatic rings. The third-order valence-corrected chi connectivity index (χ3v) is 18.5. The van der Waals surface area contributed by atoms with Gasteiger partial charge in [0.25, 0.3) is 0 Å². The third-order valence-electron chi connectivity index (χ3n) is 16.6. The molecule has 0 aliphatic heterocycles. The van der Waals surface area contributed by atoms with Crippen LogP contribution in [-0.4, -0.2) is 96.7 Å². The lowest BCUT2D eigenvalue weighted by molar-refractivity contribution is -0.161. The zero-order valence-electron chi connectivity index (χ0n) is 67.2. The standard InChI is InChI=1S/C89H146O17P2/c1-5-9-13-17-21-25-29-32-35-38-41-44-47-50-54-57-61-65-69-73-86(91)99-79-84(105-88(93)75-71-67-63-59-53-28-24-20-16-12-8-4)81-103-107(95,96)101-77-83(90)78-102-108(97,98)104-82-85(106-89(94)76-72-68-64-60-56-52-49-46-43-40-37-34-31-27-23-19-15-11-7-3)80-100-87(92)74-70-66-62-58-55-51-48-45-42-39-36-33-30-26-22-18-14-10-6-2/h10-11,14-15,20-27,32-37,41-46,51-52,55-56,83-85,90H,5-9,12-13,16-19,28-31,38-40,47-50,53-54,57-82H2,1-4H3,(H,95,96)(H,97,98)/b14-10-,15-11-,24-20-,25-21-,26-22-,27-23-,35-32-,36-33-,37-34-,44-41-,45-42-,46-43-,55-51-,56-52-. The van der Waals surface area contributed by atoms with Gasteiger partial charge in [-0.3, -0.25) is 37.3 Å². The van der Waals surface area contributed by atoms with Crippen molar-refractivity contribution in [1.82, 2.24) is 0 Å². The summed E-state index contributed by atoms with van der Waals surface area (Å²) in [7, 11) is -10.00. The summed E-state index contributed by atoms with van der Waals surface area (Å²) in [5.41, 5.74) is 0. The van der Waals surface area contributed by atoms with E-state index in [9.17, 15) is 43.2 Å². The third kappa shape index (κ3) is 78.5. The Balaban J connectivity index is 5.43. The first kappa shape index (κ1) is 102. The molecule has 0 saturated heterocycles. The number of aliphatic hydroxyl groups excluding tert-OH is 1. The van der Waals surface area contributed by atoms with Gasteiger partial charge in [-0.25, -0.2) is 9.13 Å². The molecule has 0 heterocycles. The zero-order valence-corrected chi connectivity index (χ0v) is 69.0. The number of unbranched alkanes of at least 4 members (excludes halogenated alkanes) is 22. The number of esters is 4. The van der Waals surface area contributed by atoms with Crippen molar-refractivity contribution in [2.75, 3.05) is 39.6 Å². The smallest absolute Gasteiger partial charge is 0.462 e. The highest BCUT2D eigenvalue weighted by Gasteiger charge is 2.30. The molecule has 5 unspecified atom stereocenters. The van der Waals surface area contributed by atoms with Crippen LogP contribution in [0.2, 0.25) is 0 Å². The fourth-order valence-corrected chi connectivity index (χ4v) is 12.0. The van der Waals surface area contributed by atoms with E-state index in [1.807, 2.05) is 0 Å². The quantitative estimate of drug-likeness (QED) is 0.0169. The fraction of sp³-hybridized carbons (Fsp3) is 0.640. The summed E-state index contributed by atoms with van der Waals surface area (Å²) in [5.74, 6) is -2.28. The second kappa shape index (κ2) is 79.5. The van der Waals surface area contributed by atoms with E-state index in [1.54, 1.807) is 0 Å². The maximum absolute atomic E-state index is 13.1. The van der Waals surface area contributed by atoms with E-state index in [1.165, 1.54) is 32.1 Å². The number of allylic oxidation sites excluding steroid dienone is 28. The molecule has 0 fully saturated rings. The van der Waals surface area contributed by atoms with Gasteiger partial charge < -0.3 is 33.8 Å². The summed E-state index contributed by atoms with van der Waals surface area (Å²) >= 11 is 0. The lowest BCUT2D eigenvalue weighted by Gasteiger charge is -2.21. The molecule has 0 amide bonds. The minimum atomic E-state index is -5.01. The number of carbonyl (C=O) groups is 4. The lowest BCUT2D eigenvalue weighted by Crippen LogP contribution is -2.30. The number of aliphatic hydroxyl groups is 1. The van der Waals surface area contributed by atoms with Crippen LogP contribution < -0.4 is 0 Å². The predicted octanol–water partition coefficient (Wildman–Crippen LogP) is 24.6. The van der Waals surface area contributed by atoms with Crippen molar-refractivity contribution in [3.8, 4) is 0 Å². The molecule has 0 aromatic heterocycles. The van der Waals surface area contributed by atoms with Gasteiger partial charge in [0.1, 0.15) is 19.3 Å². The second-order valence-corrected chi connectivity index (χ2v) is 29.8. The molecule has 0 rings (SSSR count). The van der Waals surface area contributed by atoms with Crippen LogP contribution in [0.4, 0.5) is 0 Å². The Morgan fingerprint density at radius 1 is 0.269 bits per heavy atom. The van der Waals surface area contributed by atoms with E-state index in [0.717, 1.165) is 199 Å². The van der Waals surface area contributed by atoms with E-state index in [2.05, 4.69) is 198 Å². The molecule has 0 bridgehead atoms. The van der Waals surface area contributed by atoms with Crippen molar-refractivity contribution < 1.29 is 80.2 Å². The van der Waals surface area contributed by atoms with E-state index in [0.29, 0.717) is 25.7 Å². The highest BCUT2D eigenvalue weighted by Crippen LogP contribution is 2.45. The van der Waals surface area contributed by atoms with Crippen LogP contribution in [0.25, 0.3) is 0 Å². The number of phosphoric acid groups is 2. The van der Waals surface area contributed by atoms with Crippen LogP contribution in [0.15, 0.2) is 170 Å². The van der Waals surface area contributed by atoms with Gasteiger partial charge in [-0.05, 0) is 173 Å². The molecular weight excluding hydrogens is 1400 g/mol. The molecule has 19 heteroatoms. The normalized spacial score (nSPS) is 14.7. The molecule has 108 heavy (non-hydrogen) atoms. The summed E-state index contributed by atoms with van der Waals surface area (Å²) < 4.78 is 68.6. The SMILES string of the molecule is CC/C=C\C/C=C\C/C=C\C/C=C\C/C=C\CCCCCC(=O)OCC(COP(=O)(O)OCC(O)COP(=O)(O)OCC(COC(=O)CCCCCCCC/C=C\C/C=C\C/C=C\CCCCC)OC(=O)CCCCCCC/C=C\CCCC)OC(=O)CCCCC/C=C\C/C=C\C/C=C\C/C=C\C/C=C\CC. The van der Waals surface area contributed by atoms with E-state index in [4.69, 9.17) is 37.0 Å². The Morgan fingerprint density at radius 3 is 0.787 bits per heavy atom. The molecule has 0 radical (unpaired) electrons. The Kier molecular flexibility index (Phi) is 75.4. The molecule has 0 aliphatic rings. The first-order valence-corrected chi connectivity index (χ1v) is 44.4. The minimum absolute atomic E-state index is 0.0415. The predicted molar refractivity (Wildman–Crippen MR) is 445 cm³/mol. The molecule has 3 N–H and O–H groups in total. The van der Waals surface area contributed by atoms with E-state index < -0.39 is 97.5 Å². The van der Waals surface area contributed by atoms with Crippen molar-refractivity contribution in [2.24, 2.45) is 0 Å². The minimum Gasteiger partial charge on any atom is -0.462 e. The fourth-order valence-electron chi connectivity index (χ4n) is 10.4. The Bertz CT molecular complexity index is 2710. The number of phosphoric ester groups is 2. The van der Waals surface area contributed by atoms with E-state index >= 15 is 0 Å². The van der Waals surface area contributed by atoms with Crippen LogP contribution >= 0.6 is 15.6 Å².